The Bertz CT molecular complexity index is 143. The van der Waals surface area contributed by atoms with Crippen LogP contribution in [0.3, 0.4) is 0 Å². The van der Waals surface area contributed by atoms with Crippen LogP contribution in [0.25, 0.3) is 0 Å². The number of allylic oxidation sites excluding steroid dienone is 4. The minimum atomic E-state index is 0. The zero-order valence-electron chi connectivity index (χ0n) is 6.50. The van der Waals surface area contributed by atoms with Crippen LogP contribution in [0.15, 0.2) is 17.7 Å². The minimum absolute atomic E-state index is 0. The molecule has 0 aromatic carbocycles. The molecule has 10 heavy (non-hydrogen) atoms. The van der Waals surface area contributed by atoms with Crippen LogP contribution in [0.5, 0.6) is 0 Å². The largest absolute Gasteiger partial charge is 1.00 e. The Morgan fingerprint density at radius 1 is 1.60 bits per heavy atom. The molecule has 0 saturated carbocycles. The fraction of sp³-hybridized carbons (Fsp3) is 0.556. The first-order valence-corrected chi connectivity index (χ1v) is 3.55. The van der Waals surface area contributed by atoms with Gasteiger partial charge in [0.1, 0.15) is 0 Å². The first kappa shape index (κ1) is 10.1. The summed E-state index contributed by atoms with van der Waals surface area (Å²) in [5.41, 5.74) is 1.39. The molecule has 0 N–H and O–H groups in total. The molecule has 0 spiro atoms. The third-order valence-electron chi connectivity index (χ3n) is 1.39. The Labute approximate surface area is 76.2 Å². The molecule has 1 aliphatic rings. The zero-order chi connectivity index (χ0) is 6.69. The van der Waals surface area contributed by atoms with Crippen molar-refractivity contribution in [3.63, 3.8) is 0 Å². The van der Waals surface area contributed by atoms with Gasteiger partial charge in [0.05, 0.1) is 0 Å². The van der Waals surface area contributed by atoms with Gasteiger partial charge in [-0.2, -0.15) is 6.08 Å². The van der Waals surface area contributed by atoms with Gasteiger partial charge in [0.25, 0.3) is 0 Å². The van der Waals surface area contributed by atoms with E-state index in [0.717, 1.165) is 12.3 Å². The van der Waals surface area contributed by atoms with Crippen LogP contribution in [0.1, 0.15) is 26.7 Å². The maximum Gasteiger partial charge on any atom is 1.00 e. The summed E-state index contributed by atoms with van der Waals surface area (Å²) >= 11 is 0. The van der Waals surface area contributed by atoms with Gasteiger partial charge in [0.15, 0.2) is 0 Å². The zero-order valence-corrected chi connectivity index (χ0v) is 8.24. The van der Waals surface area contributed by atoms with Crippen LogP contribution in [0.2, 0.25) is 0 Å². The quantitative estimate of drug-likeness (QED) is 0.498. The van der Waals surface area contributed by atoms with Gasteiger partial charge in [-0.05, 0) is 5.92 Å². The van der Waals surface area contributed by atoms with E-state index in [1.54, 1.807) is 0 Å². The summed E-state index contributed by atoms with van der Waals surface area (Å²) < 4.78 is 0. The van der Waals surface area contributed by atoms with Crippen molar-refractivity contribution in [2.45, 2.75) is 26.7 Å². The molecule has 0 nitrogen and oxygen atoms in total. The fourth-order valence-corrected chi connectivity index (χ4v) is 1.03. The Morgan fingerprint density at radius 3 is 2.70 bits per heavy atom. The summed E-state index contributed by atoms with van der Waals surface area (Å²) in [7, 11) is 0. The molecule has 0 aromatic rings. The molecular weight excluding hydrogens is 209 g/mol. The summed E-state index contributed by atoms with van der Waals surface area (Å²) in [6, 6.07) is 0. The van der Waals surface area contributed by atoms with E-state index in [1.807, 2.05) is 0 Å². The average Bonchev–Trinajstić information content (AvgIpc) is 2.15. The number of hydrogen-bond acceptors (Lipinski definition) is 0. The molecule has 0 amide bonds. The maximum atomic E-state index is 3.29. The second kappa shape index (κ2) is 4.85. The van der Waals surface area contributed by atoms with Crippen LogP contribution in [0.4, 0.5) is 0 Å². The Morgan fingerprint density at radius 2 is 2.30 bits per heavy atom. The van der Waals surface area contributed by atoms with Gasteiger partial charge in [-0.25, -0.2) is 11.6 Å². The summed E-state index contributed by atoms with van der Waals surface area (Å²) in [4.78, 5) is 0. The Balaban J connectivity index is 0.000000810. The summed E-state index contributed by atoms with van der Waals surface area (Å²) in [6.07, 6.45) is 9.86. The van der Waals surface area contributed by atoms with E-state index in [2.05, 4.69) is 32.1 Å². The molecule has 0 heterocycles. The molecule has 0 fully saturated rings. The van der Waals surface area contributed by atoms with Crippen molar-refractivity contribution in [1.82, 2.24) is 0 Å². The van der Waals surface area contributed by atoms with E-state index in [9.17, 15) is 0 Å². The molecule has 0 aromatic heterocycles. The van der Waals surface area contributed by atoms with E-state index in [1.165, 1.54) is 12.0 Å². The van der Waals surface area contributed by atoms with Crippen molar-refractivity contribution in [3.8, 4) is 0 Å². The maximum absolute atomic E-state index is 3.29. The van der Waals surface area contributed by atoms with Gasteiger partial charge in [0.2, 0.25) is 0 Å². The average molecular weight is 222 g/mol. The van der Waals surface area contributed by atoms with Gasteiger partial charge in [0, 0.05) is 0 Å². The van der Waals surface area contributed by atoms with Gasteiger partial charge >= 0.3 is 19.5 Å². The van der Waals surface area contributed by atoms with Crippen LogP contribution < -0.4 is 0 Å². The van der Waals surface area contributed by atoms with Gasteiger partial charge < -0.3 is 0 Å². The van der Waals surface area contributed by atoms with Crippen molar-refractivity contribution in [1.29, 1.82) is 0 Å². The Kier molecular flexibility index (Phi) is 4.90. The molecule has 0 unspecified atom stereocenters. The van der Waals surface area contributed by atoms with E-state index in [-0.39, 0.29) is 19.5 Å². The molecule has 0 atom stereocenters. The van der Waals surface area contributed by atoms with Gasteiger partial charge in [-0.15, -0.1) is 6.42 Å². The van der Waals surface area contributed by atoms with Crippen LogP contribution >= 0.6 is 0 Å². The molecule has 0 aliphatic heterocycles. The minimum Gasteiger partial charge on any atom is -0.269 e. The van der Waals surface area contributed by atoms with Crippen molar-refractivity contribution >= 4 is 0 Å². The SMILES string of the molecule is CC(C)CC1=[C-]CC=C1.[Ru+]. The Hall–Kier alpha value is 0.103. The van der Waals surface area contributed by atoms with Gasteiger partial charge in [-0.3, -0.25) is 6.08 Å². The first-order valence-electron chi connectivity index (χ1n) is 3.55. The van der Waals surface area contributed by atoms with Crippen molar-refractivity contribution < 1.29 is 19.5 Å². The van der Waals surface area contributed by atoms with E-state index < -0.39 is 0 Å². The molecular formula is C9H13Ru. The van der Waals surface area contributed by atoms with Crippen molar-refractivity contribution in [3.05, 3.63) is 23.8 Å². The summed E-state index contributed by atoms with van der Waals surface area (Å²) in [5, 5.41) is 0. The predicted molar refractivity (Wildman–Crippen MR) is 40.0 cm³/mol. The third-order valence-corrected chi connectivity index (χ3v) is 1.39. The molecule has 0 saturated heterocycles. The molecule has 1 radical (unpaired) electrons. The topological polar surface area (TPSA) is 0 Å². The molecule has 57 valence electrons. The summed E-state index contributed by atoms with van der Waals surface area (Å²) in [5.74, 6) is 0.773. The normalized spacial score (nSPS) is 15.3. The van der Waals surface area contributed by atoms with E-state index in [0.29, 0.717) is 0 Å². The van der Waals surface area contributed by atoms with Crippen molar-refractivity contribution in [2.75, 3.05) is 0 Å². The van der Waals surface area contributed by atoms with Crippen LogP contribution in [-0.2, 0) is 19.5 Å². The monoisotopic (exact) mass is 223 g/mol. The standard InChI is InChI=1S/C9H13.Ru/c1-8(2)7-9-5-3-4-6-9;/h3,5,8H,4,7H2,1-2H3;/q-1;+1. The van der Waals surface area contributed by atoms with E-state index in [4.69, 9.17) is 0 Å². The van der Waals surface area contributed by atoms with E-state index >= 15 is 0 Å². The fourth-order valence-electron chi connectivity index (χ4n) is 1.03. The molecule has 1 aliphatic carbocycles. The second-order valence-corrected chi connectivity index (χ2v) is 2.91. The van der Waals surface area contributed by atoms with Crippen molar-refractivity contribution in [2.24, 2.45) is 5.92 Å². The summed E-state index contributed by atoms with van der Waals surface area (Å²) in [6.45, 7) is 4.47. The number of rotatable bonds is 2. The first-order chi connectivity index (χ1) is 4.29. The predicted octanol–water partition coefficient (Wildman–Crippen LogP) is 2.72. The van der Waals surface area contributed by atoms with Gasteiger partial charge in [-0.1, -0.05) is 20.3 Å². The third kappa shape index (κ3) is 3.32. The molecule has 1 rings (SSSR count). The second-order valence-electron chi connectivity index (χ2n) is 2.91. The molecule has 0 bridgehead atoms. The number of hydrogen-bond donors (Lipinski definition) is 0. The smallest absolute Gasteiger partial charge is 0.269 e. The van der Waals surface area contributed by atoms with Crippen LogP contribution in [-0.4, -0.2) is 0 Å². The molecule has 1 heteroatoms. The van der Waals surface area contributed by atoms with Crippen LogP contribution in [0, 0.1) is 12.0 Å².